The van der Waals surface area contributed by atoms with Crippen LogP contribution in [0.5, 0.6) is 0 Å². The molecule has 0 spiro atoms. The van der Waals surface area contributed by atoms with Gasteiger partial charge in [-0.3, -0.25) is 5.32 Å². The van der Waals surface area contributed by atoms with E-state index in [9.17, 15) is 0 Å². The lowest BCUT2D eigenvalue weighted by molar-refractivity contribution is 0.624. The molecule has 0 aliphatic heterocycles. The van der Waals surface area contributed by atoms with Gasteiger partial charge < -0.3 is 0 Å². The van der Waals surface area contributed by atoms with Crippen molar-refractivity contribution in [3.05, 3.63) is 33.8 Å². The van der Waals surface area contributed by atoms with Crippen molar-refractivity contribution in [2.75, 3.05) is 0 Å². The van der Waals surface area contributed by atoms with E-state index in [2.05, 4.69) is 27.3 Å². The SMILES string of the molecule is Cc1ccc(C(C#N)NC2CC2)c(Br)c1. The number of nitrogens with one attached hydrogen (secondary N) is 1. The Balaban J connectivity index is 2.21. The molecule has 1 aromatic rings. The predicted octanol–water partition coefficient (Wildman–Crippen LogP) is 3.07. The lowest BCUT2D eigenvalue weighted by atomic mass is 10.1. The molecule has 0 bridgehead atoms. The van der Waals surface area contributed by atoms with Gasteiger partial charge in [-0.25, -0.2) is 0 Å². The summed E-state index contributed by atoms with van der Waals surface area (Å²) in [7, 11) is 0. The third-order valence-corrected chi connectivity index (χ3v) is 3.26. The summed E-state index contributed by atoms with van der Waals surface area (Å²) >= 11 is 3.51. The first-order valence-corrected chi connectivity index (χ1v) is 5.91. The molecule has 1 unspecified atom stereocenters. The maximum atomic E-state index is 9.12. The van der Waals surface area contributed by atoms with Gasteiger partial charge in [0.15, 0.2) is 0 Å². The van der Waals surface area contributed by atoms with Crippen LogP contribution in [0.25, 0.3) is 0 Å². The smallest absolute Gasteiger partial charge is 0.122 e. The molecule has 0 radical (unpaired) electrons. The van der Waals surface area contributed by atoms with E-state index in [1.54, 1.807) is 0 Å². The van der Waals surface area contributed by atoms with Gasteiger partial charge in [0, 0.05) is 10.5 Å². The third kappa shape index (κ3) is 2.58. The Morgan fingerprint density at radius 1 is 1.53 bits per heavy atom. The van der Waals surface area contributed by atoms with Gasteiger partial charge in [0.1, 0.15) is 6.04 Å². The molecule has 1 saturated carbocycles. The molecule has 0 heterocycles. The molecule has 1 atom stereocenters. The molecule has 0 amide bonds. The first-order valence-electron chi connectivity index (χ1n) is 5.12. The highest BCUT2D eigenvalue weighted by Gasteiger charge is 2.26. The van der Waals surface area contributed by atoms with Crippen LogP contribution in [0, 0.1) is 18.3 Å². The first kappa shape index (κ1) is 10.7. The van der Waals surface area contributed by atoms with Crippen LogP contribution in [0.2, 0.25) is 0 Å². The van der Waals surface area contributed by atoms with Crippen molar-refractivity contribution < 1.29 is 0 Å². The summed E-state index contributed by atoms with van der Waals surface area (Å²) in [6.45, 7) is 2.05. The molecule has 1 aliphatic carbocycles. The van der Waals surface area contributed by atoms with Crippen LogP contribution in [0.3, 0.4) is 0 Å². The Morgan fingerprint density at radius 2 is 2.27 bits per heavy atom. The summed E-state index contributed by atoms with van der Waals surface area (Å²) < 4.78 is 1.02. The third-order valence-electron chi connectivity index (χ3n) is 2.58. The van der Waals surface area contributed by atoms with Crippen LogP contribution in [-0.2, 0) is 0 Å². The fourth-order valence-electron chi connectivity index (χ4n) is 1.55. The Kier molecular flexibility index (Phi) is 3.08. The van der Waals surface area contributed by atoms with Crippen molar-refractivity contribution >= 4 is 15.9 Å². The van der Waals surface area contributed by atoms with Crippen LogP contribution < -0.4 is 5.32 Å². The highest BCUT2D eigenvalue weighted by Crippen LogP contribution is 2.28. The van der Waals surface area contributed by atoms with Gasteiger partial charge in [-0.2, -0.15) is 5.26 Å². The fraction of sp³-hybridized carbons (Fsp3) is 0.417. The zero-order chi connectivity index (χ0) is 10.8. The van der Waals surface area contributed by atoms with Crippen molar-refractivity contribution in [3.63, 3.8) is 0 Å². The molecule has 1 N–H and O–H groups in total. The van der Waals surface area contributed by atoms with E-state index in [4.69, 9.17) is 5.26 Å². The van der Waals surface area contributed by atoms with Crippen LogP contribution in [0.15, 0.2) is 22.7 Å². The average molecular weight is 265 g/mol. The summed E-state index contributed by atoms with van der Waals surface area (Å²) in [6, 6.07) is 8.77. The maximum Gasteiger partial charge on any atom is 0.122 e. The number of aryl methyl sites for hydroxylation is 1. The standard InChI is InChI=1S/C12H13BrN2/c1-8-2-5-10(11(13)6-8)12(7-14)15-9-3-4-9/h2,5-6,9,12,15H,3-4H2,1H3. The summed E-state index contributed by atoms with van der Waals surface area (Å²) in [5, 5.41) is 12.4. The first-order chi connectivity index (χ1) is 7.20. The monoisotopic (exact) mass is 264 g/mol. The van der Waals surface area contributed by atoms with Crippen molar-refractivity contribution in [1.29, 1.82) is 5.26 Å². The lowest BCUT2D eigenvalue weighted by Crippen LogP contribution is -2.22. The summed E-state index contributed by atoms with van der Waals surface area (Å²) in [5.41, 5.74) is 2.24. The number of nitriles is 1. The number of hydrogen-bond donors (Lipinski definition) is 1. The molecule has 15 heavy (non-hydrogen) atoms. The van der Waals surface area contributed by atoms with Gasteiger partial charge >= 0.3 is 0 Å². The number of hydrogen-bond acceptors (Lipinski definition) is 2. The minimum atomic E-state index is -0.188. The van der Waals surface area contributed by atoms with E-state index < -0.39 is 0 Å². The summed E-state index contributed by atoms with van der Waals surface area (Å²) in [5.74, 6) is 0. The molecule has 0 saturated heterocycles. The second-order valence-electron chi connectivity index (χ2n) is 4.03. The summed E-state index contributed by atoms with van der Waals surface area (Å²) in [6.07, 6.45) is 2.39. The maximum absolute atomic E-state index is 9.12. The number of rotatable bonds is 3. The largest absolute Gasteiger partial charge is 0.295 e. The van der Waals surface area contributed by atoms with Crippen molar-refractivity contribution in [1.82, 2.24) is 5.32 Å². The number of benzene rings is 1. The molecular formula is C12H13BrN2. The Labute approximate surface area is 98.4 Å². The van der Waals surface area contributed by atoms with E-state index in [-0.39, 0.29) is 6.04 Å². The molecular weight excluding hydrogens is 252 g/mol. The molecule has 1 fully saturated rings. The van der Waals surface area contributed by atoms with Crippen molar-refractivity contribution in [2.24, 2.45) is 0 Å². The predicted molar refractivity (Wildman–Crippen MR) is 63.4 cm³/mol. The van der Waals surface area contributed by atoms with E-state index in [1.807, 2.05) is 25.1 Å². The Bertz CT molecular complexity index is 405. The molecule has 1 aromatic carbocycles. The van der Waals surface area contributed by atoms with Gasteiger partial charge in [0.2, 0.25) is 0 Å². The Morgan fingerprint density at radius 3 is 2.80 bits per heavy atom. The average Bonchev–Trinajstić information content (AvgIpc) is 2.99. The molecule has 78 valence electrons. The van der Waals surface area contributed by atoms with E-state index in [1.165, 1.54) is 18.4 Å². The van der Waals surface area contributed by atoms with Crippen LogP contribution in [0.4, 0.5) is 0 Å². The quantitative estimate of drug-likeness (QED) is 0.911. The second-order valence-corrected chi connectivity index (χ2v) is 4.88. The highest BCUT2D eigenvalue weighted by atomic mass is 79.9. The lowest BCUT2D eigenvalue weighted by Gasteiger charge is -2.13. The van der Waals surface area contributed by atoms with Gasteiger partial charge in [0.25, 0.3) is 0 Å². The molecule has 0 aromatic heterocycles. The van der Waals surface area contributed by atoms with Crippen molar-refractivity contribution in [2.45, 2.75) is 31.8 Å². The topological polar surface area (TPSA) is 35.8 Å². The van der Waals surface area contributed by atoms with Crippen molar-refractivity contribution in [3.8, 4) is 6.07 Å². The minimum absolute atomic E-state index is 0.188. The zero-order valence-corrected chi connectivity index (χ0v) is 10.2. The number of nitrogens with zero attached hydrogens (tertiary/aromatic N) is 1. The van der Waals surface area contributed by atoms with E-state index >= 15 is 0 Å². The zero-order valence-electron chi connectivity index (χ0n) is 8.63. The van der Waals surface area contributed by atoms with E-state index in [0.717, 1.165) is 10.0 Å². The molecule has 2 nitrogen and oxygen atoms in total. The van der Waals surface area contributed by atoms with Crippen LogP contribution >= 0.6 is 15.9 Å². The molecule has 3 heteroatoms. The Hall–Kier alpha value is -0.850. The minimum Gasteiger partial charge on any atom is -0.295 e. The number of halogens is 1. The van der Waals surface area contributed by atoms with E-state index in [0.29, 0.717) is 6.04 Å². The molecule has 2 rings (SSSR count). The van der Waals surface area contributed by atoms with Gasteiger partial charge in [-0.15, -0.1) is 0 Å². The van der Waals surface area contributed by atoms with Gasteiger partial charge in [0.05, 0.1) is 6.07 Å². The summed E-state index contributed by atoms with van der Waals surface area (Å²) in [4.78, 5) is 0. The van der Waals surface area contributed by atoms with Gasteiger partial charge in [-0.1, -0.05) is 28.1 Å². The van der Waals surface area contributed by atoms with Crippen LogP contribution in [0.1, 0.15) is 30.0 Å². The normalized spacial score (nSPS) is 17.1. The van der Waals surface area contributed by atoms with Gasteiger partial charge in [-0.05, 0) is 37.0 Å². The second kappa shape index (κ2) is 4.34. The van der Waals surface area contributed by atoms with Crippen LogP contribution in [-0.4, -0.2) is 6.04 Å². The molecule has 1 aliphatic rings. The fourth-order valence-corrected chi connectivity index (χ4v) is 2.27. The highest BCUT2D eigenvalue weighted by molar-refractivity contribution is 9.10.